The Kier molecular flexibility index (Phi) is 9.43. The number of hydrogen-bond donors (Lipinski definition) is 1. The summed E-state index contributed by atoms with van der Waals surface area (Å²) in [6.07, 6.45) is 3.26. The summed E-state index contributed by atoms with van der Waals surface area (Å²) in [5, 5.41) is 8.61. The number of unbranched alkanes of at least 4 members (excludes halogenated alkanes) is 2. The van der Waals surface area contributed by atoms with Crippen molar-refractivity contribution >= 4 is 11.8 Å². The molecule has 0 fully saturated rings. The zero-order valence-corrected chi connectivity index (χ0v) is 12.2. The first kappa shape index (κ1) is 18.1. The van der Waals surface area contributed by atoms with Gasteiger partial charge in [-0.15, -0.1) is 0 Å². The number of hydrogen-bond acceptors (Lipinski definition) is 4. The van der Waals surface area contributed by atoms with Crippen LogP contribution in [0.2, 0.25) is 0 Å². The van der Waals surface area contributed by atoms with Crippen molar-refractivity contribution in [3.8, 4) is 0 Å². The van der Waals surface area contributed by atoms with E-state index in [1.807, 2.05) is 13.8 Å². The molecule has 0 saturated carbocycles. The molecule has 0 aromatic carbocycles. The van der Waals surface area contributed by atoms with E-state index < -0.39 is 18.2 Å². The van der Waals surface area contributed by atoms with Gasteiger partial charge in [-0.3, -0.25) is 9.59 Å². The minimum absolute atomic E-state index is 0.0211. The average Bonchev–Trinajstić information content (AvgIpc) is 2.28. The zero-order valence-electron chi connectivity index (χ0n) is 12.2. The molecule has 0 aromatic rings. The quantitative estimate of drug-likeness (QED) is 0.336. The van der Waals surface area contributed by atoms with Crippen LogP contribution in [0.4, 0.5) is 0 Å². The first-order chi connectivity index (χ1) is 8.93. The van der Waals surface area contributed by atoms with Gasteiger partial charge in [0.05, 0.1) is 19.6 Å². The fourth-order valence-electron chi connectivity index (χ4n) is 1.60. The van der Waals surface area contributed by atoms with Crippen LogP contribution in [0.25, 0.3) is 0 Å². The molecule has 1 N–H and O–H groups in total. The Balaban J connectivity index is 4.36. The lowest BCUT2D eigenvalue weighted by molar-refractivity contribution is -0.228. The molecule has 0 saturated heterocycles. The van der Waals surface area contributed by atoms with Gasteiger partial charge < -0.3 is 14.6 Å². The normalized spacial score (nSPS) is 11.5. The molecule has 0 bridgehead atoms. The minimum atomic E-state index is -1.12. The summed E-state index contributed by atoms with van der Waals surface area (Å²) < 4.78 is 11.3. The second-order valence-corrected chi connectivity index (χ2v) is 4.82. The number of ether oxygens (including phenoxy) is 2. The summed E-state index contributed by atoms with van der Waals surface area (Å²) in [6, 6.07) is 0. The van der Waals surface area contributed by atoms with Crippen LogP contribution in [-0.2, 0) is 19.1 Å². The Morgan fingerprint density at radius 1 is 1.05 bits per heavy atom. The Hall–Kier alpha value is -0.940. The SMILES string of the molecule is CCCCOC(C)(CC(=O)CC(=O)O)OCCCC. The molecular formula is C14H26O5. The zero-order chi connectivity index (χ0) is 14.7. The fourth-order valence-corrected chi connectivity index (χ4v) is 1.60. The van der Waals surface area contributed by atoms with Crippen LogP contribution in [0.5, 0.6) is 0 Å². The summed E-state index contributed by atoms with van der Waals surface area (Å²) in [6.45, 7) is 6.83. The number of rotatable bonds is 12. The maximum absolute atomic E-state index is 11.6. The first-order valence-corrected chi connectivity index (χ1v) is 6.95. The lowest BCUT2D eigenvalue weighted by atomic mass is 10.1. The Labute approximate surface area is 115 Å². The van der Waals surface area contributed by atoms with Crippen molar-refractivity contribution in [1.82, 2.24) is 0 Å². The van der Waals surface area contributed by atoms with Crippen LogP contribution in [0.15, 0.2) is 0 Å². The van der Waals surface area contributed by atoms with Crippen LogP contribution in [-0.4, -0.2) is 35.9 Å². The highest BCUT2D eigenvalue weighted by Crippen LogP contribution is 2.20. The molecule has 0 atom stereocenters. The molecule has 5 heteroatoms. The van der Waals surface area contributed by atoms with Crippen LogP contribution in [0, 0.1) is 0 Å². The van der Waals surface area contributed by atoms with Crippen molar-refractivity contribution < 1.29 is 24.2 Å². The van der Waals surface area contributed by atoms with Crippen LogP contribution >= 0.6 is 0 Å². The molecule has 0 amide bonds. The predicted octanol–water partition coefficient (Wildman–Crippen LogP) is 2.77. The number of carboxylic acids is 1. The number of ketones is 1. The molecule has 0 heterocycles. The third-order valence-electron chi connectivity index (χ3n) is 2.68. The highest BCUT2D eigenvalue weighted by Gasteiger charge is 2.29. The van der Waals surface area contributed by atoms with Crippen LogP contribution < -0.4 is 0 Å². The largest absolute Gasteiger partial charge is 0.481 e. The van der Waals surface area contributed by atoms with Gasteiger partial charge in [-0.2, -0.15) is 0 Å². The Morgan fingerprint density at radius 2 is 1.53 bits per heavy atom. The van der Waals surface area contributed by atoms with Gasteiger partial charge in [-0.05, 0) is 19.8 Å². The summed E-state index contributed by atoms with van der Waals surface area (Å²) in [5.74, 6) is -2.49. The number of carbonyl (C=O) groups is 2. The third-order valence-corrected chi connectivity index (χ3v) is 2.68. The Bertz CT molecular complexity index is 265. The van der Waals surface area contributed by atoms with Crippen molar-refractivity contribution in [2.75, 3.05) is 13.2 Å². The van der Waals surface area contributed by atoms with E-state index in [1.165, 1.54) is 0 Å². The van der Waals surface area contributed by atoms with Crippen molar-refractivity contribution in [2.24, 2.45) is 0 Å². The van der Waals surface area contributed by atoms with E-state index in [0.29, 0.717) is 13.2 Å². The Morgan fingerprint density at radius 3 is 1.89 bits per heavy atom. The molecule has 112 valence electrons. The maximum Gasteiger partial charge on any atom is 0.310 e. The molecule has 0 aliphatic rings. The lowest BCUT2D eigenvalue weighted by Crippen LogP contribution is -2.36. The molecule has 0 spiro atoms. The summed E-state index contributed by atoms with van der Waals surface area (Å²) in [4.78, 5) is 22.1. The van der Waals surface area contributed by atoms with Crippen molar-refractivity contribution in [2.45, 2.75) is 65.1 Å². The third kappa shape index (κ3) is 9.62. The molecule has 19 heavy (non-hydrogen) atoms. The van der Waals surface area contributed by atoms with Gasteiger partial charge in [0.2, 0.25) is 0 Å². The maximum atomic E-state index is 11.6. The second kappa shape index (κ2) is 9.92. The van der Waals surface area contributed by atoms with Gasteiger partial charge >= 0.3 is 5.97 Å². The summed E-state index contributed by atoms with van der Waals surface area (Å²) in [5.41, 5.74) is 0. The van der Waals surface area contributed by atoms with Crippen molar-refractivity contribution in [3.05, 3.63) is 0 Å². The summed E-state index contributed by atoms with van der Waals surface area (Å²) in [7, 11) is 0. The predicted molar refractivity (Wildman–Crippen MR) is 72.0 cm³/mol. The standard InChI is InChI=1S/C14H26O5/c1-4-6-8-18-14(3,19-9-7-5-2)11-12(15)10-13(16)17/h4-11H2,1-3H3,(H,16,17). The minimum Gasteiger partial charge on any atom is -0.481 e. The highest BCUT2D eigenvalue weighted by atomic mass is 16.7. The molecule has 0 radical (unpaired) electrons. The van der Waals surface area contributed by atoms with E-state index in [0.717, 1.165) is 25.7 Å². The van der Waals surface area contributed by atoms with Gasteiger partial charge in [0.15, 0.2) is 5.79 Å². The fraction of sp³-hybridized carbons (Fsp3) is 0.857. The van der Waals surface area contributed by atoms with Gasteiger partial charge in [-0.25, -0.2) is 0 Å². The smallest absolute Gasteiger partial charge is 0.310 e. The number of carboxylic acid groups (broad SMARTS) is 1. The van der Waals surface area contributed by atoms with Gasteiger partial charge in [0, 0.05) is 0 Å². The van der Waals surface area contributed by atoms with Gasteiger partial charge in [0.1, 0.15) is 12.2 Å². The van der Waals surface area contributed by atoms with E-state index in [-0.39, 0.29) is 12.2 Å². The monoisotopic (exact) mass is 274 g/mol. The molecule has 0 unspecified atom stereocenters. The van der Waals surface area contributed by atoms with Crippen LogP contribution in [0.3, 0.4) is 0 Å². The number of Topliss-reactive ketones (excluding diaryl/α,β-unsaturated/α-hetero) is 1. The highest BCUT2D eigenvalue weighted by molar-refractivity contribution is 5.95. The van der Waals surface area contributed by atoms with E-state index in [2.05, 4.69) is 0 Å². The number of aliphatic carboxylic acids is 1. The molecule has 5 nitrogen and oxygen atoms in total. The molecule has 0 aromatic heterocycles. The van der Waals surface area contributed by atoms with Gasteiger partial charge in [0.25, 0.3) is 0 Å². The molecule has 0 aliphatic carbocycles. The first-order valence-electron chi connectivity index (χ1n) is 6.95. The van der Waals surface area contributed by atoms with E-state index in [1.54, 1.807) is 6.92 Å². The molecular weight excluding hydrogens is 248 g/mol. The van der Waals surface area contributed by atoms with E-state index in [9.17, 15) is 9.59 Å². The topological polar surface area (TPSA) is 72.8 Å². The van der Waals surface area contributed by atoms with E-state index >= 15 is 0 Å². The second-order valence-electron chi connectivity index (χ2n) is 4.82. The van der Waals surface area contributed by atoms with Gasteiger partial charge in [-0.1, -0.05) is 26.7 Å². The van der Waals surface area contributed by atoms with Crippen molar-refractivity contribution in [3.63, 3.8) is 0 Å². The molecule has 0 rings (SSSR count). The molecule has 0 aliphatic heterocycles. The van der Waals surface area contributed by atoms with E-state index in [4.69, 9.17) is 14.6 Å². The van der Waals surface area contributed by atoms with Crippen molar-refractivity contribution in [1.29, 1.82) is 0 Å². The lowest BCUT2D eigenvalue weighted by Gasteiger charge is -2.29. The summed E-state index contributed by atoms with van der Waals surface area (Å²) >= 11 is 0. The average molecular weight is 274 g/mol. The number of carbonyl (C=O) groups excluding carboxylic acids is 1. The van der Waals surface area contributed by atoms with Crippen LogP contribution in [0.1, 0.15) is 59.3 Å².